The molecule has 0 atom stereocenters. The number of hydrogen-bond donors (Lipinski definition) is 1. The maximum Gasteiger partial charge on any atom is 0.251 e. The SMILES string of the molecule is O=C(NCCSC1CCCCC1)c1ccc(Cl)c(S(=O)(=O)N2CCOCC2)c1. The Kier molecular flexibility index (Phi) is 8.05. The van der Waals surface area contributed by atoms with E-state index in [1.807, 2.05) is 11.8 Å². The summed E-state index contributed by atoms with van der Waals surface area (Å²) < 4.78 is 32.3. The van der Waals surface area contributed by atoms with Crippen molar-refractivity contribution in [2.75, 3.05) is 38.6 Å². The van der Waals surface area contributed by atoms with Crippen LogP contribution in [0.1, 0.15) is 42.5 Å². The lowest BCUT2D eigenvalue weighted by Gasteiger charge is -2.26. The fourth-order valence-corrected chi connectivity index (χ4v) is 6.62. The van der Waals surface area contributed by atoms with Gasteiger partial charge in [-0.1, -0.05) is 30.9 Å². The van der Waals surface area contributed by atoms with Crippen LogP contribution < -0.4 is 5.32 Å². The molecule has 1 saturated heterocycles. The highest BCUT2D eigenvalue weighted by Gasteiger charge is 2.29. The first-order valence-electron chi connectivity index (χ1n) is 9.76. The van der Waals surface area contributed by atoms with Crippen molar-refractivity contribution < 1.29 is 17.9 Å². The van der Waals surface area contributed by atoms with Crippen molar-refractivity contribution in [2.45, 2.75) is 42.2 Å². The largest absolute Gasteiger partial charge is 0.379 e. The number of morpholine rings is 1. The molecule has 2 aliphatic rings. The van der Waals surface area contributed by atoms with E-state index in [0.29, 0.717) is 30.6 Å². The molecule has 0 bridgehead atoms. The number of hydrogen-bond acceptors (Lipinski definition) is 5. The Balaban J connectivity index is 1.59. The Bertz CT molecular complexity index is 776. The number of thioether (sulfide) groups is 1. The molecule has 0 aromatic heterocycles. The van der Waals surface area contributed by atoms with Gasteiger partial charge < -0.3 is 10.1 Å². The molecule has 28 heavy (non-hydrogen) atoms. The molecule has 1 heterocycles. The van der Waals surface area contributed by atoms with E-state index >= 15 is 0 Å². The number of rotatable bonds is 7. The van der Waals surface area contributed by atoms with Crippen molar-refractivity contribution in [1.29, 1.82) is 0 Å². The van der Waals surface area contributed by atoms with Gasteiger partial charge in [0, 0.05) is 36.2 Å². The summed E-state index contributed by atoms with van der Waals surface area (Å²) in [7, 11) is -3.75. The van der Waals surface area contributed by atoms with E-state index in [1.54, 1.807) is 6.07 Å². The number of halogens is 1. The van der Waals surface area contributed by atoms with Crippen molar-refractivity contribution in [2.24, 2.45) is 0 Å². The molecule has 1 aliphatic carbocycles. The van der Waals surface area contributed by atoms with E-state index in [4.69, 9.17) is 16.3 Å². The van der Waals surface area contributed by atoms with Gasteiger partial charge >= 0.3 is 0 Å². The molecule has 0 spiro atoms. The van der Waals surface area contributed by atoms with Crippen molar-refractivity contribution in [1.82, 2.24) is 9.62 Å². The van der Waals surface area contributed by atoms with Crippen molar-refractivity contribution in [3.8, 4) is 0 Å². The third kappa shape index (κ3) is 5.63. The molecule has 3 rings (SSSR count). The van der Waals surface area contributed by atoms with Crippen LogP contribution in [-0.4, -0.2) is 62.5 Å². The first kappa shape index (κ1) is 21.9. The predicted octanol–water partition coefficient (Wildman–Crippen LogP) is 3.16. The number of carbonyl (C=O) groups is 1. The molecule has 1 aliphatic heterocycles. The predicted molar refractivity (Wildman–Crippen MR) is 113 cm³/mol. The number of nitrogens with zero attached hydrogens (tertiary/aromatic N) is 1. The van der Waals surface area contributed by atoms with E-state index < -0.39 is 10.0 Å². The van der Waals surface area contributed by atoms with Crippen LogP contribution in [0.5, 0.6) is 0 Å². The van der Waals surface area contributed by atoms with Crippen LogP contribution in [-0.2, 0) is 14.8 Å². The molecule has 0 radical (unpaired) electrons. The van der Waals surface area contributed by atoms with Crippen LogP contribution in [0.3, 0.4) is 0 Å². The van der Waals surface area contributed by atoms with Crippen molar-refractivity contribution in [3.05, 3.63) is 28.8 Å². The second kappa shape index (κ2) is 10.3. The smallest absolute Gasteiger partial charge is 0.251 e. The van der Waals surface area contributed by atoms with Gasteiger partial charge in [0.15, 0.2) is 0 Å². The molecule has 1 N–H and O–H groups in total. The Labute approximate surface area is 176 Å². The summed E-state index contributed by atoms with van der Waals surface area (Å²) in [6.45, 7) is 1.85. The van der Waals surface area contributed by atoms with Crippen LogP contribution in [0.25, 0.3) is 0 Å². The molecule has 1 aromatic rings. The molecule has 2 fully saturated rings. The maximum absolute atomic E-state index is 12.9. The minimum absolute atomic E-state index is 0.0275. The van der Waals surface area contributed by atoms with E-state index in [2.05, 4.69) is 5.32 Å². The number of amides is 1. The fourth-order valence-electron chi connectivity index (χ4n) is 3.49. The first-order valence-corrected chi connectivity index (χ1v) is 12.6. The number of ether oxygens (including phenoxy) is 1. The number of benzene rings is 1. The first-order chi connectivity index (χ1) is 13.5. The summed E-state index contributed by atoms with van der Waals surface area (Å²) in [5.41, 5.74) is 0.305. The zero-order valence-corrected chi connectivity index (χ0v) is 18.3. The average molecular weight is 447 g/mol. The third-order valence-electron chi connectivity index (χ3n) is 5.07. The molecule has 156 valence electrons. The average Bonchev–Trinajstić information content (AvgIpc) is 2.72. The second-order valence-electron chi connectivity index (χ2n) is 7.05. The minimum Gasteiger partial charge on any atom is -0.379 e. The van der Waals surface area contributed by atoms with Gasteiger partial charge in [-0.25, -0.2) is 8.42 Å². The molecule has 6 nitrogen and oxygen atoms in total. The zero-order chi connectivity index (χ0) is 20.0. The molecule has 1 amide bonds. The lowest BCUT2D eigenvalue weighted by Crippen LogP contribution is -2.40. The minimum atomic E-state index is -3.75. The molecular weight excluding hydrogens is 420 g/mol. The second-order valence-corrected chi connectivity index (χ2v) is 10.8. The highest BCUT2D eigenvalue weighted by Crippen LogP contribution is 2.28. The third-order valence-corrected chi connectivity index (χ3v) is 8.84. The van der Waals surface area contributed by atoms with Gasteiger partial charge in [-0.3, -0.25) is 4.79 Å². The monoisotopic (exact) mass is 446 g/mol. The summed E-state index contributed by atoms with van der Waals surface area (Å²) in [5, 5.41) is 3.71. The standard InChI is InChI=1S/C19H27ClN2O4S2/c20-17-7-6-15(14-18(17)28(24,25)22-9-11-26-12-10-22)19(23)21-8-13-27-16-4-2-1-3-5-16/h6-7,14,16H,1-5,8-13H2,(H,21,23). The van der Waals surface area contributed by atoms with Gasteiger partial charge in [0.25, 0.3) is 5.91 Å². The summed E-state index contributed by atoms with van der Waals surface area (Å²) in [6.07, 6.45) is 6.46. The molecule has 1 aromatic carbocycles. The normalized spacial score (nSPS) is 19.5. The lowest BCUT2D eigenvalue weighted by molar-refractivity contribution is 0.0730. The Morgan fingerprint density at radius 3 is 2.64 bits per heavy atom. The van der Waals surface area contributed by atoms with Crippen LogP contribution >= 0.6 is 23.4 Å². The van der Waals surface area contributed by atoms with Gasteiger partial charge in [-0.15, -0.1) is 0 Å². The van der Waals surface area contributed by atoms with Gasteiger partial charge in [-0.05, 0) is 31.0 Å². The van der Waals surface area contributed by atoms with Crippen LogP contribution in [0, 0.1) is 0 Å². The van der Waals surface area contributed by atoms with Crippen molar-refractivity contribution >= 4 is 39.3 Å². The molecule has 0 unspecified atom stereocenters. The quantitative estimate of drug-likeness (QED) is 0.651. The Morgan fingerprint density at radius 1 is 1.21 bits per heavy atom. The van der Waals surface area contributed by atoms with Crippen LogP contribution in [0.4, 0.5) is 0 Å². The van der Waals surface area contributed by atoms with Crippen LogP contribution in [0.15, 0.2) is 23.1 Å². The van der Waals surface area contributed by atoms with Crippen molar-refractivity contribution in [3.63, 3.8) is 0 Å². The Morgan fingerprint density at radius 2 is 1.93 bits per heavy atom. The maximum atomic E-state index is 12.9. The molecule has 1 saturated carbocycles. The number of sulfonamides is 1. The summed E-state index contributed by atoms with van der Waals surface area (Å²) in [5.74, 6) is 0.586. The topological polar surface area (TPSA) is 75.7 Å². The van der Waals surface area contributed by atoms with Crippen LogP contribution in [0.2, 0.25) is 5.02 Å². The highest BCUT2D eigenvalue weighted by molar-refractivity contribution is 7.99. The summed E-state index contributed by atoms with van der Waals surface area (Å²) in [6, 6.07) is 4.40. The summed E-state index contributed by atoms with van der Waals surface area (Å²) >= 11 is 8.06. The van der Waals surface area contributed by atoms with Gasteiger partial charge in [-0.2, -0.15) is 16.1 Å². The van der Waals surface area contributed by atoms with Gasteiger partial charge in [0.2, 0.25) is 10.0 Å². The van der Waals surface area contributed by atoms with Gasteiger partial charge in [0.1, 0.15) is 4.90 Å². The zero-order valence-electron chi connectivity index (χ0n) is 15.9. The lowest BCUT2D eigenvalue weighted by atomic mass is 10.0. The van der Waals surface area contributed by atoms with E-state index in [1.165, 1.54) is 48.5 Å². The Hall–Kier alpha value is -0.800. The molecule has 9 heteroatoms. The van der Waals surface area contributed by atoms with E-state index in [-0.39, 0.29) is 28.9 Å². The highest BCUT2D eigenvalue weighted by atomic mass is 35.5. The molecular formula is C19H27ClN2O4S2. The van der Waals surface area contributed by atoms with E-state index in [0.717, 1.165) is 5.75 Å². The number of nitrogens with one attached hydrogen (secondary N) is 1. The number of carbonyl (C=O) groups excluding carboxylic acids is 1. The van der Waals surface area contributed by atoms with E-state index in [9.17, 15) is 13.2 Å². The fraction of sp³-hybridized carbons (Fsp3) is 0.632. The summed E-state index contributed by atoms with van der Waals surface area (Å²) in [4.78, 5) is 12.4. The van der Waals surface area contributed by atoms with Gasteiger partial charge in [0.05, 0.1) is 18.2 Å².